The number of aliphatic hydroxyl groups is 6. The van der Waals surface area contributed by atoms with Gasteiger partial charge in [-0.15, -0.1) is 0 Å². The molecule has 4 radical (unpaired) electrons. The van der Waals surface area contributed by atoms with Gasteiger partial charge in [0.05, 0.1) is 0 Å². The van der Waals surface area contributed by atoms with Crippen LogP contribution in [0, 0.1) is 0 Å². The minimum Gasteiger partial charge on any atom is -0.507 e. The summed E-state index contributed by atoms with van der Waals surface area (Å²) >= 11 is 0. The minimum atomic E-state index is -1.60. The third-order valence-electron chi connectivity index (χ3n) is 6.41. The number of ketones is 2. The van der Waals surface area contributed by atoms with Crippen LogP contribution < -0.4 is 10.6 Å². The molecule has 0 spiro atoms. The molecule has 3 aromatic rings. The average molecular weight is 961 g/mol. The number of rotatable bonds is 8. The quantitative estimate of drug-likeness (QED) is 0.0672. The molecule has 0 aliphatic heterocycles. The number of allylic oxidation sites excluding steroid dienone is 10. The van der Waals surface area contributed by atoms with Crippen LogP contribution in [-0.2, 0) is 26.7 Å². The van der Waals surface area contributed by atoms with E-state index in [1.807, 2.05) is 12.2 Å². The number of aliphatic hydroxyl groups excluding tert-OH is 3. The second-order valence-electron chi connectivity index (χ2n) is 10.1. The maximum atomic E-state index is 11.4. The molecule has 0 amide bonds. The molecule has 52 heavy (non-hydrogen) atoms. The van der Waals surface area contributed by atoms with E-state index in [9.17, 15) is 9.59 Å². The summed E-state index contributed by atoms with van der Waals surface area (Å²) in [6.45, 7) is 1.32. The first-order chi connectivity index (χ1) is 23.9. The molecule has 11 N–H and O–H groups in total. The van der Waals surface area contributed by atoms with Crippen LogP contribution in [0.25, 0.3) is 0 Å². The number of aromatic hydroxyl groups is 3. The molecule has 280 valence electrons. The summed E-state index contributed by atoms with van der Waals surface area (Å²) in [6.07, 6.45) is 12.3. The van der Waals surface area contributed by atoms with E-state index in [4.69, 9.17) is 46.0 Å². The normalized spacial score (nSPS) is 14.0. The third-order valence-corrected chi connectivity index (χ3v) is 6.41. The second kappa shape index (κ2) is 26.4. The summed E-state index contributed by atoms with van der Waals surface area (Å²) in [5.41, 5.74) is 1.66. The number of hydrogen-bond donors (Lipinski definition) is 11. The van der Waals surface area contributed by atoms with Crippen LogP contribution in [0.4, 0.5) is 0 Å². The summed E-state index contributed by atoms with van der Waals surface area (Å²) in [5.74, 6) is -0.299. The van der Waals surface area contributed by atoms with Crippen LogP contribution >= 0.6 is 0 Å². The Balaban J connectivity index is 0.000000699. The molecular formula is C37H40BiCuN2O11. The molecule has 5 rings (SSSR count). The molecule has 2 aliphatic rings. The van der Waals surface area contributed by atoms with Crippen molar-refractivity contribution in [1.82, 2.24) is 10.6 Å². The van der Waals surface area contributed by atoms with Gasteiger partial charge in [0, 0.05) is 96.6 Å². The number of nitrogens with one attached hydrogen (secondary N) is 2. The average Bonchev–Trinajstić information content (AvgIpc) is 3.09. The zero-order chi connectivity index (χ0) is 36.9. The predicted molar refractivity (Wildman–Crippen MR) is 190 cm³/mol. The monoisotopic (exact) mass is 960 g/mol. The van der Waals surface area contributed by atoms with Gasteiger partial charge in [-0.1, -0.05) is 78.9 Å². The fourth-order valence-electron chi connectivity index (χ4n) is 3.83. The summed E-state index contributed by atoms with van der Waals surface area (Å²) < 4.78 is 0. The van der Waals surface area contributed by atoms with Crippen molar-refractivity contribution in [2.24, 2.45) is 0 Å². The molecule has 2 aliphatic carbocycles. The predicted octanol–water partition coefficient (Wildman–Crippen LogP) is 2.07. The number of carbonyl (C=O) groups is 2. The van der Waals surface area contributed by atoms with E-state index in [1.165, 1.54) is 48.6 Å². The molecule has 0 atom stereocenters. The van der Waals surface area contributed by atoms with E-state index in [0.717, 1.165) is 0 Å². The van der Waals surface area contributed by atoms with Crippen LogP contribution in [-0.4, -0.2) is 96.8 Å². The Kier molecular flexibility index (Phi) is 24.2. The van der Waals surface area contributed by atoms with Gasteiger partial charge in [-0.2, -0.15) is 0 Å². The Morgan fingerprint density at radius 1 is 0.481 bits per heavy atom. The molecule has 0 bridgehead atoms. The number of benzene rings is 3. The second-order valence-corrected chi connectivity index (χ2v) is 10.1. The molecule has 0 heterocycles. The van der Waals surface area contributed by atoms with Gasteiger partial charge in [-0.3, -0.25) is 9.59 Å². The van der Waals surface area contributed by atoms with Crippen molar-refractivity contribution in [2.75, 3.05) is 13.1 Å². The minimum absolute atomic E-state index is 0. The largest absolute Gasteiger partial charge is 0.507 e. The SMILES string of the molecule is O=C1C=CC=CC1=CNCCNC=C1C=CC=CC1=O.Oc1ccccc1C(O)O.Oc1ccccc1C(O)O.Oc1ccccc1C(O)O.[Bi].[Cu]. The van der Waals surface area contributed by atoms with Crippen LogP contribution in [0.15, 0.2) is 145 Å². The summed E-state index contributed by atoms with van der Waals surface area (Å²) in [4.78, 5) is 22.9. The molecule has 0 saturated carbocycles. The Morgan fingerprint density at radius 3 is 0.981 bits per heavy atom. The maximum absolute atomic E-state index is 11.4. The smallest absolute Gasteiger partial charge is 0.187 e. The standard InChI is InChI=1S/C16H16N2O2.3C7H8O3.Bi.Cu/c19-15-7-3-1-5-13(15)11-17-9-10-18-12-14-6-2-4-8-16(14)20;3*8-6-4-2-1-3-5(6)7(9)10;;/h1-8,11-12,17-18H,9-10H2;3*1-4,7-10H;;. The number of para-hydroxylation sites is 3. The van der Waals surface area contributed by atoms with Crippen LogP contribution in [0.2, 0.25) is 0 Å². The Labute approximate surface area is 330 Å². The van der Waals surface area contributed by atoms with Gasteiger partial charge in [-0.05, 0) is 42.5 Å². The van der Waals surface area contributed by atoms with Crippen molar-refractivity contribution in [2.45, 2.75) is 18.9 Å². The Bertz CT molecular complexity index is 1570. The van der Waals surface area contributed by atoms with Crippen molar-refractivity contribution in [3.05, 3.63) is 162 Å². The first-order valence-electron chi connectivity index (χ1n) is 15.0. The Morgan fingerprint density at radius 2 is 0.750 bits per heavy atom. The van der Waals surface area contributed by atoms with Gasteiger partial charge in [0.15, 0.2) is 30.4 Å². The topological polar surface area (TPSA) is 240 Å². The van der Waals surface area contributed by atoms with Crippen LogP contribution in [0.3, 0.4) is 0 Å². The van der Waals surface area contributed by atoms with Crippen LogP contribution in [0.1, 0.15) is 35.6 Å². The molecule has 15 heteroatoms. The summed E-state index contributed by atoms with van der Waals surface area (Å²) in [6, 6.07) is 18.2. The van der Waals surface area contributed by atoms with Gasteiger partial charge in [0.2, 0.25) is 0 Å². The van der Waals surface area contributed by atoms with Gasteiger partial charge in [-0.25, -0.2) is 0 Å². The molecule has 0 aromatic heterocycles. The van der Waals surface area contributed by atoms with Crippen LogP contribution in [0.5, 0.6) is 17.2 Å². The van der Waals surface area contributed by atoms with E-state index < -0.39 is 18.9 Å². The zero-order valence-corrected chi connectivity index (χ0v) is 31.9. The molecule has 0 unspecified atom stereocenters. The maximum Gasteiger partial charge on any atom is 0.187 e. The van der Waals surface area contributed by atoms with Gasteiger partial charge < -0.3 is 56.6 Å². The van der Waals surface area contributed by atoms with E-state index in [2.05, 4.69) is 10.6 Å². The number of phenolic OH excluding ortho intramolecular Hbond substituents is 3. The van der Waals surface area contributed by atoms with Crippen molar-refractivity contribution in [3.63, 3.8) is 0 Å². The fraction of sp³-hybridized carbons (Fsp3) is 0.135. The molecular weight excluding hydrogens is 921 g/mol. The Hall–Kier alpha value is -4.40. The molecule has 0 fully saturated rings. The van der Waals surface area contributed by atoms with Crippen molar-refractivity contribution in [3.8, 4) is 17.2 Å². The van der Waals surface area contributed by atoms with Crippen molar-refractivity contribution < 1.29 is 72.6 Å². The van der Waals surface area contributed by atoms with E-state index in [-0.39, 0.29) is 88.8 Å². The molecule has 13 nitrogen and oxygen atoms in total. The summed E-state index contributed by atoms with van der Waals surface area (Å²) in [5, 5.41) is 84.6. The molecule has 0 saturated heterocycles. The zero-order valence-electron chi connectivity index (χ0n) is 27.4. The number of carbonyl (C=O) groups excluding carboxylic acids is 2. The van der Waals surface area contributed by atoms with E-state index in [0.29, 0.717) is 24.2 Å². The van der Waals surface area contributed by atoms with Gasteiger partial charge >= 0.3 is 0 Å². The van der Waals surface area contributed by atoms with Gasteiger partial charge in [0.25, 0.3) is 0 Å². The van der Waals surface area contributed by atoms with E-state index >= 15 is 0 Å². The summed E-state index contributed by atoms with van der Waals surface area (Å²) in [7, 11) is 0. The number of phenols is 3. The van der Waals surface area contributed by atoms with Crippen molar-refractivity contribution >= 4 is 37.8 Å². The van der Waals surface area contributed by atoms with Crippen molar-refractivity contribution in [1.29, 1.82) is 0 Å². The van der Waals surface area contributed by atoms with E-state index in [1.54, 1.807) is 73.1 Å². The first-order valence-corrected chi connectivity index (χ1v) is 15.0. The molecule has 3 aromatic carbocycles. The first kappa shape index (κ1) is 47.6. The van der Waals surface area contributed by atoms with Gasteiger partial charge in [0.1, 0.15) is 17.2 Å². The fourth-order valence-corrected chi connectivity index (χ4v) is 3.83. The number of hydrogen-bond acceptors (Lipinski definition) is 13. The third kappa shape index (κ3) is 17.7.